The van der Waals surface area contributed by atoms with Crippen LogP contribution in [0.3, 0.4) is 0 Å². The van der Waals surface area contributed by atoms with Crippen LogP contribution in [0.4, 0.5) is 5.69 Å². The number of para-hydroxylation sites is 1. The fourth-order valence-electron chi connectivity index (χ4n) is 2.27. The average Bonchev–Trinajstić information content (AvgIpc) is 2.65. The molecular weight excluding hydrogens is 387 g/mol. The lowest BCUT2D eigenvalue weighted by molar-refractivity contribution is -0.136. The Morgan fingerprint density at radius 2 is 1.85 bits per heavy atom. The van der Waals surface area contributed by atoms with Gasteiger partial charge in [0.2, 0.25) is 0 Å². The minimum Gasteiger partial charge on any atom is -0.318 e. The smallest absolute Gasteiger partial charge is 0.318 e. The third-order valence-corrected chi connectivity index (χ3v) is 4.42. The first-order valence-electron chi connectivity index (χ1n) is 7.90. The van der Waals surface area contributed by atoms with E-state index in [1.54, 1.807) is 24.3 Å². The zero-order valence-electron chi connectivity index (χ0n) is 14.2. The Balaban J connectivity index is 1.65. The number of rotatable bonds is 3. The second kappa shape index (κ2) is 8.16. The summed E-state index contributed by atoms with van der Waals surface area (Å²) in [6, 6.07) is 14.2. The van der Waals surface area contributed by atoms with E-state index in [9.17, 15) is 9.59 Å². The van der Waals surface area contributed by atoms with Gasteiger partial charge in [-0.05, 0) is 36.8 Å². The van der Waals surface area contributed by atoms with E-state index >= 15 is 0 Å². The first kappa shape index (κ1) is 18.8. The van der Waals surface area contributed by atoms with Crippen LogP contribution in [-0.2, 0) is 9.59 Å². The third kappa shape index (κ3) is 4.61. The highest BCUT2D eigenvalue weighted by Crippen LogP contribution is 2.20. The van der Waals surface area contributed by atoms with Crippen LogP contribution >= 0.6 is 23.2 Å². The molecule has 8 heteroatoms. The number of hydrogen-bond acceptors (Lipinski definition) is 4. The molecule has 0 saturated carbocycles. The number of carbonyl (C=O) groups excluding carboxylic acids is 2. The first-order chi connectivity index (χ1) is 12.9. The lowest BCUT2D eigenvalue weighted by Crippen LogP contribution is -2.32. The van der Waals surface area contributed by atoms with Gasteiger partial charge in [-0.3, -0.25) is 9.59 Å². The van der Waals surface area contributed by atoms with E-state index in [4.69, 9.17) is 23.2 Å². The maximum absolute atomic E-state index is 11.9. The van der Waals surface area contributed by atoms with Crippen LogP contribution in [0.5, 0.6) is 0 Å². The molecular formula is C19H14Cl2N4O2. The van der Waals surface area contributed by atoms with E-state index in [0.29, 0.717) is 16.3 Å². The number of nitrogens with one attached hydrogen (secondary N) is 2. The molecule has 0 radical (unpaired) electrons. The molecule has 3 rings (SSSR count). The van der Waals surface area contributed by atoms with E-state index in [2.05, 4.69) is 20.8 Å². The summed E-state index contributed by atoms with van der Waals surface area (Å²) in [6.45, 7) is 1.84. The lowest BCUT2D eigenvalue weighted by Gasteiger charge is -2.06. The standard InChI is InChI=1S/C19H14Cl2N4O2/c1-11-6-7-14(9-15(11)20)23-18(26)19(27)25-22-10-13-8-12-4-2-3-5-16(12)24-17(13)21/h2-10H,1H3,(H,23,26)(H,25,27). The number of anilines is 1. The predicted molar refractivity (Wildman–Crippen MR) is 107 cm³/mol. The summed E-state index contributed by atoms with van der Waals surface area (Å²) in [5.74, 6) is -1.79. The van der Waals surface area contributed by atoms with Crippen molar-refractivity contribution >= 4 is 57.8 Å². The maximum Gasteiger partial charge on any atom is 0.329 e. The Morgan fingerprint density at radius 1 is 1.07 bits per heavy atom. The molecule has 27 heavy (non-hydrogen) atoms. The number of carbonyl (C=O) groups is 2. The van der Waals surface area contributed by atoms with Crippen molar-refractivity contribution in [2.75, 3.05) is 5.32 Å². The van der Waals surface area contributed by atoms with Gasteiger partial charge < -0.3 is 5.32 Å². The minimum absolute atomic E-state index is 0.241. The number of aryl methyl sites for hydroxylation is 1. The van der Waals surface area contributed by atoms with Crippen molar-refractivity contribution in [1.82, 2.24) is 10.4 Å². The summed E-state index contributed by atoms with van der Waals surface area (Å²) in [4.78, 5) is 28.0. The number of hydrazone groups is 1. The van der Waals surface area contributed by atoms with Crippen molar-refractivity contribution in [1.29, 1.82) is 0 Å². The van der Waals surface area contributed by atoms with E-state index in [1.807, 2.05) is 31.2 Å². The summed E-state index contributed by atoms with van der Waals surface area (Å²) >= 11 is 12.1. The molecule has 0 unspecified atom stereocenters. The maximum atomic E-state index is 11.9. The number of fused-ring (bicyclic) bond motifs is 1. The van der Waals surface area contributed by atoms with Crippen molar-refractivity contribution < 1.29 is 9.59 Å². The lowest BCUT2D eigenvalue weighted by atomic mass is 10.2. The van der Waals surface area contributed by atoms with Crippen molar-refractivity contribution in [3.8, 4) is 0 Å². The Kier molecular flexibility index (Phi) is 5.69. The minimum atomic E-state index is -0.923. The molecule has 3 aromatic rings. The zero-order valence-corrected chi connectivity index (χ0v) is 15.7. The monoisotopic (exact) mass is 400 g/mol. The number of pyridine rings is 1. The molecule has 0 atom stereocenters. The van der Waals surface area contributed by atoms with Gasteiger partial charge in [-0.15, -0.1) is 0 Å². The zero-order chi connectivity index (χ0) is 19.4. The van der Waals surface area contributed by atoms with Gasteiger partial charge in [-0.2, -0.15) is 5.10 Å². The van der Waals surface area contributed by atoms with Gasteiger partial charge >= 0.3 is 11.8 Å². The molecule has 0 aliphatic heterocycles. The van der Waals surface area contributed by atoms with Crippen molar-refractivity contribution in [2.45, 2.75) is 6.92 Å². The molecule has 0 aliphatic carbocycles. The molecule has 0 fully saturated rings. The summed E-state index contributed by atoms with van der Waals surface area (Å²) < 4.78 is 0. The summed E-state index contributed by atoms with van der Waals surface area (Å²) in [6.07, 6.45) is 1.33. The molecule has 0 aliphatic rings. The molecule has 0 saturated heterocycles. The normalized spacial score (nSPS) is 10.9. The molecule has 136 valence electrons. The van der Waals surface area contributed by atoms with Crippen LogP contribution in [0.2, 0.25) is 10.2 Å². The van der Waals surface area contributed by atoms with Gasteiger partial charge in [0.1, 0.15) is 5.15 Å². The average molecular weight is 401 g/mol. The Morgan fingerprint density at radius 3 is 2.63 bits per heavy atom. The quantitative estimate of drug-likeness (QED) is 0.302. The van der Waals surface area contributed by atoms with E-state index in [0.717, 1.165) is 16.5 Å². The highest BCUT2D eigenvalue weighted by atomic mass is 35.5. The van der Waals surface area contributed by atoms with E-state index in [-0.39, 0.29) is 5.15 Å². The number of nitrogens with zero attached hydrogens (tertiary/aromatic N) is 2. The summed E-state index contributed by atoms with van der Waals surface area (Å²) in [7, 11) is 0. The van der Waals surface area contributed by atoms with Crippen molar-refractivity contribution in [2.24, 2.45) is 5.10 Å². The summed E-state index contributed by atoms with van der Waals surface area (Å²) in [5.41, 5.74) is 4.70. The van der Waals surface area contributed by atoms with E-state index < -0.39 is 11.8 Å². The largest absolute Gasteiger partial charge is 0.329 e. The Hall–Kier alpha value is -2.96. The van der Waals surface area contributed by atoms with Gasteiger partial charge in [0.05, 0.1) is 11.7 Å². The van der Waals surface area contributed by atoms with Crippen LogP contribution in [0, 0.1) is 6.92 Å². The van der Waals surface area contributed by atoms with Gasteiger partial charge in [0, 0.05) is 21.7 Å². The second-order valence-corrected chi connectivity index (χ2v) is 6.44. The highest BCUT2D eigenvalue weighted by Gasteiger charge is 2.13. The fourth-order valence-corrected chi connectivity index (χ4v) is 2.64. The molecule has 2 aromatic carbocycles. The fraction of sp³-hybridized carbons (Fsp3) is 0.0526. The molecule has 2 N–H and O–H groups in total. The topological polar surface area (TPSA) is 83.5 Å². The number of amides is 2. The van der Waals surface area contributed by atoms with Crippen molar-refractivity contribution in [3.05, 3.63) is 69.8 Å². The molecule has 0 spiro atoms. The van der Waals surface area contributed by atoms with E-state index in [1.165, 1.54) is 6.21 Å². The van der Waals surface area contributed by atoms with Gasteiger partial charge in [-0.25, -0.2) is 10.4 Å². The predicted octanol–water partition coefficient (Wildman–Crippen LogP) is 3.94. The number of benzene rings is 2. The van der Waals surface area contributed by atoms with Gasteiger partial charge in [0.25, 0.3) is 0 Å². The summed E-state index contributed by atoms with van der Waals surface area (Å²) in [5, 5.41) is 7.82. The van der Waals surface area contributed by atoms with Crippen molar-refractivity contribution in [3.63, 3.8) is 0 Å². The number of aromatic nitrogens is 1. The SMILES string of the molecule is Cc1ccc(NC(=O)C(=O)NN=Cc2cc3ccccc3nc2Cl)cc1Cl. The molecule has 6 nitrogen and oxygen atoms in total. The van der Waals surface area contributed by atoms with Crippen LogP contribution in [0.25, 0.3) is 10.9 Å². The molecule has 0 bridgehead atoms. The molecule has 2 amide bonds. The van der Waals surface area contributed by atoms with Gasteiger partial charge in [-0.1, -0.05) is 47.5 Å². The van der Waals surface area contributed by atoms with Gasteiger partial charge in [0.15, 0.2) is 0 Å². The second-order valence-electron chi connectivity index (χ2n) is 5.68. The van der Waals surface area contributed by atoms with Crippen LogP contribution < -0.4 is 10.7 Å². The van der Waals surface area contributed by atoms with Crippen LogP contribution in [0.15, 0.2) is 53.6 Å². The van der Waals surface area contributed by atoms with Crippen LogP contribution in [-0.4, -0.2) is 23.0 Å². The number of hydrogen-bond donors (Lipinski definition) is 2. The Bertz CT molecular complexity index is 1070. The highest BCUT2D eigenvalue weighted by molar-refractivity contribution is 6.40. The number of halogens is 2. The van der Waals surface area contributed by atoms with Crippen LogP contribution in [0.1, 0.15) is 11.1 Å². The molecule has 1 aromatic heterocycles. The first-order valence-corrected chi connectivity index (χ1v) is 8.65. The third-order valence-electron chi connectivity index (χ3n) is 3.71. The Labute approximate surface area is 165 Å². The molecule has 1 heterocycles.